The van der Waals surface area contributed by atoms with Crippen molar-refractivity contribution in [3.63, 3.8) is 0 Å². The van der Waals surface area contributed by atoms with Crippen molar-refractivity contribution >= 4 is 5.97 Å². The van der Waals surface area contributed by atoms with E-state index in [0.29, 0.717) is 5.75 Å². The molecule has 0 amide bonds. The van der Waals surface area contributed by atoms with E-state index in [-0.39, 0.29) is 19.6 Å². The summed E-state index contributed by atoms with van der Waals surface area (Å²) in [6.07, 6.45) is 0.210. The zero-order chi connectivity index (χ0) is 13.1. The Morgan fingerprint density at radius 2 is 1.88 bits per heavy atom. The van der Waals surface area contributed by atoms with Crippen molar-refractivity contribution in [3.05, 3.63) is 30.3 Å². The monoisotopic (exact) mass is 240 g/mol. The molecule has 0 bridgehead atoms. The summed E-state index contributed by atoms with van der Waals surface area (Å²) in [7, 11) is 0. The predicted molar refractivity (Wildman–Crippen MR) is 66.1 cm³/mol. The summed E-state index contributed by atoms with van der Waals surface area (Å²) in [4.78, 5) is 10.7. The van der Waals surface area contributed by atoms with E-state index in [9.17, 15) is 4.79 Å². The van der Waals surface area contributed by atoms with Gasteiger partial charge in [0, 0.05) is 6.61 Å². The van der Waals surface area contributed by atoms with Crippen molar-refractivity contribution in [2.24, 2.45) is 5.92 Å². The molecule has 0 aliphatic heterocycles. The van der Waals surface area contributed by atoms with Gasteiger partial charge in [-0.3, -0.25) is 4.79 Å². The third-order valence-corrected chi connectivity index (χ3v) is 2.02. The topological polar surface area (TPSA) is 66.8 Å². The van der Waals surface area contributed by atoms with E-state index in [1.165, 1.54) is 0 Å². The summed E-state index contributed by atoms with van der Waals surface area (Å²) in [6.45, 7) is 3.94. The number of carbonyl (C=O) groups is 1. The van der Waals surface area contributed by atoms with Gasteiger partial charge in [0.1, 0.15) is 12.4 Å². The molecule has 0 saturated heterocycles. The third-order valence-electron chi connectivity index (χ3n) is 2.02. The van der Waals surface area contributed by atoms with Crippen LogP contribution in [0.2, 0.25) is 0 Å². The van der Waals surface area contributed by atoms with E-state index in [1.54, 1.807) is 12.1 Å². The molecule has 1 aromatic carbocycles. The van der Waals surface area contributed by atoms with Crippen molar-refractivity contribution in [2.45, 2.75) is 20.3 Å². The van der Waals surface area contributed by atoms with Crippen LogP contribution in [0.4, 0.5) is 0 Å². The molecule has 1 rings (SSSR count). The highest BCUT2D eigenvalue weighted by molar-refractivity contribution is 5.70. The standard InChI is InChI=1S/C11H14O4.C2H6/c12-7-6-9(11(13)14)8-15-10-4-2-1-3-5-10;1-2/h1-5,9,12H,6-8H2,(H,13,14);1-2H3. The summed E-state index contributed by atoms with van der Waals surface area (Å²) in [5.41, 5.74) is 0. The lowest BCUT2D eigenvalue weighted by atomic mass is 10.1. The maximum absolute atomic E-state index is 10.7. The van der Waals surface area contributed by atoms with Crippen molar-refractivity contribution in [3.8, 4) is 5.75 Å². The van der Waals surface area contributed by atoms with Gasteiger partial charge in [-0.15, -0.1) is 0 Å². The molecule has 4 heteroatoms. The number of rotatable bonds is 6. The van der Waals surface area contributed by atoms with Crippen molar-refractivity contribution in [2.75, 3.05) is 13.2 Å². The maximum Gasteiger partial charge on any atom is 0.310 e. The molecular weight excluding hydrogens is 220 g/mol. The van der Waals surface area contributed by atoms with Crippen LogP contribution >= 0.6 is 0 Å². The number of benzene rings is 1. The van der Waals surface area contributed by atoms with Crippen molar-refractivity contribution < 1.29 is 19.7 Å². The average Bonchev–Trinajstić information content (AvgIpc) is 2.38. The number of ether oxygens (including phenoxy) is 1. The lowest BCUT2D eigenvalue weighted by Crippen LogP contribution is -2.22. The van der Waals surface area contributed by atoms with Gasteiger partial charge < -0.3 is 14.9 Å². The molecule has 0 aliphatic rings. The number of hydrogen-bond acceptors (Lipinski definition) is 3. The highest BCUT2D eigenvalue weighted by Crippen LogP contribution is 2.11. The third kappa shape index (κ3) is 6.58. The highest BCUT2D eigenvalue weighted by Gasteiger charge is 2.17. The van der Waals surface area contributed by atoms with E-state index in [0.717, 1.165) is 0 Å². The molecule has 96 valence electrons. The quantitative estimate of drug-likeness (QED) is 0.799. The van der Waals surface area contributed by atoms with Crippen LogP contribution in [0.1, 0.15) is 20.3 Å². The molecule has 0 aromatic heterocycles. The first kappa shape index (κ1) is 15.4. The number of aliphatic hydroxyl groups excluding tert-OH is 1. The Morgan fingerprint density at radius 1 is 1.29 bits per heavy atom. The van der Waals surface area contributed by atoms with Crippen molar-refractivity contribution in [1.82, 2.24) is 0 Å². The van der Waals surface area contributed by atoms with Crippen LogP contribution in [-0.4, -0.2) is 29.4 Å². The average molecular weight is 240 g/mol. The van der Waals surface area contributed by atoms with E-state index in [2.05, 4.69) is 0 Å². The Hall–Kier alpha value is -1.55. The summed E-state index contributed by atoms with van der Waals surface area (Å²) >= 11 is 0. The molecule has 0 heterocycles. The molecular formula is C13H20O4. The zero-order valence-electron chi connectivity index (χ0n) is 10.3. The lowest BCUT2D eigenvalue weighted by Gasteiger charge is -2.12. The Balaban J connectivity index is 0.00000121. The van der Waals surface area contributed by atoms with E-state index in [4.69, 9.17) is 14.9 Å². The van der Waals surface area contributed by atoms with Gasteiger partial charge in [0.2, 0.25) is 0 Å². The summed E-state index contributed by atoms with van der Waals surface area (Å²) in [5.74, 6) is -0.961. The number of aliphatic carboxylic acids is 1. The number of hydrogen-bond donors (Lipinski definition) is 2. The summed E-state index contributed by atoms with van der Waals surface area (Å²) in [6, 6.07) is 9.01. The number of aliphatic hydroxyl groups is 1. The molecule has 2 N–H and O–H groups in total. The van der Waals surface area contributed by atoms with Gasteiger partial charge in [-0.05, 0) is 18.6 Å². The fourth-order valence-corrected chi connectivity index (χ4v) is 1.15. The van der Waals surface area contributed by atoms with Crippen LogP contribution in [0.3, 0.4) is 0 Å². The summed E-state index contributed by atoms with van der Waals surface area (Å²) in [5, 5.41) is 17.5. The Labute approximate surface area is 102 Å². The Bertz CT molecular complexity index is 298. The van der Waals surface area contributed by atoms with E-state index >= 15 is 0 Å². The minimum atomic E-state index is -0.944. The fraction of sp³-hybridized carbons (Fsp3) is 0.462. The molecule has 4 nitrogen and oxygen atoms in total. The molecule has 1 atom stereocenters. The Kier molecular flexibility index (Phi) is 8.78. The van der Waals surface area contributed by atoms with Gasteiger partial charge in [-0.2, -0.15) is 0 Å². The van der Waals surface area contributed by atoms with Crippen LogP contribution in [-0.2, 0) is 4.79 Å². The highest BCUT2D eigenvalue weighted by atomic mass is 16.5. The number of carboxylic acid groups (broad SMARTS) is 1. The minimum Gasteiger partial charge on any atom is -0.493 e. The molecule has 1 unspecified atom stereocenters. The SMILES string of the molecule is CC.O=C(O)C(CCO)COc1ccccc1. The van der Waals surface area contributed by atoms with E-state index < -0.39 is 11.9 Å². The smallest absolute Gasteiger partial charge is 0.310 e. The number of para-hydroxylation sites is 1. The van der Waals surface area contributed by atoms with Gasteiger partial charge >= 0.3 is 5.97 Å². The van der Waals surface area contributed by atoms with Crippen LogP contribution < -0.4 is 4.74 Å². The number of carboxylic acids is 1. The van der Waals surface area contributed by atoms with Gasteiger partial charge in [0.05, 0.1) is 5.92 Å². The van der Waals surface area contributed by atoms with Crippen LogP contribution in [0.5, 0.6) is 5.75 Å². The second kappa shape index (κ2) is 9.66. The maximum atomic E-state index is 10.7. The molecule has 0 aliphatic carbocycles. The lowest BCUT2D eigenvalue weighted by molar-refractivity contribution is -0.143. The van der Waals surface area contributed by atoms with Gasteiger partial charge in [0.15, 0.2) is 0 Å². The van der Waals surface area contributed by atoms with Crippen LogP contribution in [0, 0.1) is 5.92 Å². The zero-order valence-corrected chi connectivity index (χ0v) is 10.3. The molecule has 1 aromatic rings. The van der Waals surface area contributed by atoms with Gasteiger partial charge in [-0.1, -0.05) is 32.0 Å². The largest absolute Gasteiger partial charge is 0.493 e. The molecule has 0 fully saturated rings. The summed E-state index contributed by atoms with van der Waals surface area (Å²) < 4.78 is 5.29. The van der Waals surface area contributed by atoms with E-state index in [1.807, 2.05) is 32.0 Å². The first-order valence-electron chi connectivity index (χ1n) is 5.75. The normalized spacial score (nSPS) is 11.0. The fourth-order valence-electron chi connectivity index (χ4n) is 1.15. The van der Waals surface area contributed by atoms with Gasteiger partial charge in [0.25, 0.3) is 0 Å². The molecule has 0 spiro atoms. The molecule has 0 saturated carbocycles. The molecule has 17 heavy (non-hydrogen) atoms. The van der Waals surface area contributed by atoms with Gasteiger partial charge in [-0.25, -0.2) is 0 Å². The molecule has 0 radical (unpaired) electrons. The van der Waals surface area contributed by atoms with Crippen molar-refractivity contribution in [1.29, 1.82) is 0 Å². The van der Waals surface area contributed by atoms with Crippen LogP contribution in [0.25, 0.3) is 0 Å². The second-order valence-electron chi connectivity index (χ2n) is 3.17. The first-order chi connectivity index (χ1) is 8.24. The van der Waals surface area contributed by atoms with Crippen LogP contribution in [0.15, 0.2) is 30.3 Å². The predicted octanol–water partition coefficient (Wildman–Crippen LogP) is 2.17. The Morgan fingerprint density at radius 3 is 2.35 bits per heavy atom. The first-order valence-corrected chi connectivity index (χ1v) is 5.75. The second-order valence-corrected chi connectivity index (χ2v) is 3.17. The minimum absolute atomic E-state index is 0.0832.